The Labute approximate surface area is 141 Å². The van der Waals surface area contributed by atoms with Gasteiger partial charge >= 0.3 is 0 Å². The first-order valence-corrected chi connectivity index (χ1v) is 8.67. The van der Waals surface area contributed by atoms with Gasteiger partial charge in [-0.15, -0.1) is 0 Å². The molecular weight excluding hydrogens is 280 g/mol. The molecule has 0 amide bonds. The van der Waals surface area contributed by atoms with Gasteiger partial charge in [0, 0.05) is 0 Å². The van der Waals surface area contributed by atoms with Crippen LogP contribution in [0.4, 0.5) is 0 Å². The number of hydrogen-bond acceptors (Lipinski definition) is 1. The summed E-state index contributed by atoms with van der Waals surface area (Å²) in [6.07, 6.45) is 0. The topological polar surface area (TPSA) is 9.23 Å². The monoisotopic (exact) mass is 310 g/mol. The molecule has 0 fully saturated rings. The Hall–Kier alpha value is -1.76. The molecule has 124 valence electrons. The molecule has 1 heteroatoms. The van der Waals surface area contributed by atoms with Gasteiger partial charge in [-0.25, -0.2) is 0 Å². The molecule has 0 unspecified atom stereocenters. The number of rotatable bonds is 5. The molecule has 0 aliphatic heterocycles. The van der Waals surface area contributed by atoms with Crippen LogP contribution >= 0.6 is 0 Å². The Kier molecular flexibility index (Phi) is 5.51. The van der Waals surface area contributed by atoms with E-state index in [4.69, 9.17) is 4.74 Å². The van der Waals surface area contributed by atoms with E-state index < -0.39 is 0 Å². The van der Waals surface area contributed by atoms with Gasteiger partial charge in [0.1, 0.15) is 5.75 Å². The fourth-order valence-electron chi connectivity index (χ4n) is 3.05. The maximum Gasteiger partial charge on any atom is 0.118 e. The lowest BCUT2D eigenvalue weighted by Gasteiger charge is -2.23. The number of hydrogen-bond donors (Lipinski definition) is 0. The highest BCUT2D eigenvalue weighted by Gasteiger charge is 2.18. The van der Waals surface area contributed by atoms with Gasteiger partial charge in [-0.3, -0.25) is 0 Å². The van der Waals surface area contributed by atoms with Crippen LogP contribution in [0.25, 0.3) is 11.1 Å². The van der Waals surface area contributed by atoms with Crippen LogP contribution in [-0.4, -0.2) is 7.11 Å². The molecule has 0 saturated carbocycles. The van der Waals surface area contributed by atoms with Crippen LogP contribution in [0.3, 0.4) is 0 Å². The van der Waals surface area contributed by atoms with Crippen LogP contribution in [0.2, 0.25) is 0 Å². The molecule has 2 aromatic carbocycles. The lowest BCUT2D eigenvalue weighted by Crippen LogP contribution is -2.03. The van der Waals surface area contributed by atoms with Crippen molar-refractivity contribution in [2.45, 2.75) is 59.3 Å². The first kappa shape index (κ1) is 17.6. The van der Waals surface area contributed by atoms with Crippen molar-refractivity contribution in [3.63, 3.8) is 0 Å². The van der Waals surface area contributed by atoms with Crippen LogP contribution in [0.5, 0.6) is 5.75 Å². The molecule has 0 radical (unpaired) electrons. The van der Waals surface area contributed by atoms with Gasteiger partial charge in [0.05, 0.1) is 7.11 Å². The Morgan fingerprint density at radius 2 is 1.17 bits per heavy atom. The van der Waals surface area contributed by atoms with E-state index in [1.807, 2.05) is 0 Å². The van der Waals surface area contributed by atoms with Crippen molar-refractivity contribution in [3.05, 3.63) is 53.1 Å². The maximum absolute atomic E-state index is 5.31. The largest absolute Gasteiger partial charge is 0.497 e. The van der Waals surface area contributed by atoms with Crippen LogP contribution in [0.15, 0.2) is 36.4 Å². The summed E-state index contributed by atoms with van der Waals surface area (Å²) in [4.78, 5) is 0. The van der Waals surface area contributed by atoms with Crippen molar-refractivity contribution in [3.8, 4) is 16.9 Å². The molecule has 0 aromatic heterocycles. The Balaban J connectivity index is 2.72. The SMILES string of the molecule is COc1ccc(-c2c(C(C)C)cc(C(C)C)cc2C(C)C)cc1. The summed E-state index contributed by atoms with van der Waals surface area (Å²) in [5.74, 6) is 2.46. The fourth-order valence-corrected chi connectivity index (χ4v) is 3.05. The van der Waals surface area contributed by atoms with Crippen molar-refractivity contribution >= 4 is 0 Å². The summed E-state index contributed by atoms with van der Waals surface area (Å²) in [5, 5.41) is 0. The van der Waals surface area contributed by atoms with Gasteiger partial charge in [-0.05, 0) is 57.7 Å². The van der Waals surface area contributed by atoms with Gasteiger partial charge in [-0.2, -0.15) is 0 Å². The quantitative estimate of drug-likeness (QED) is 0.594. The van der Waals surface area contributed by atoms with E-state index in [2.05, 4.69) is 77.9 Å². The van der Waals surface area contributed by atoms with Gasteiger partial charge in [0.15, 0.2) is 0 Å². The molecule has 0 N–H and O–H groups in total. The summed E-state index contributed by atoms with van der Waals surface area (Å²) in [7, 11) is 1.71. The van der Waals surface area contributed by atoms with E-state index in [0.717, 1.165) is 5.75 Å². The number of benzene rings is 2. The van der Waals surface area contributed by atoms with Gasteiger partial charge < -0.3 is 4.74 Å². The summed E-state index contributed by atoms with van der Waals surface area (Å²) < 4.78 is 5.31. The van der Waals surface area contributed by atoms with Crippen molar-refractivity contribution in [2.75, 3.05) is 7.11 Å². The maximum atomic E-state index is 5.31. The van der Waals surface area contributed by atoms with Crippen molar-refractivity contribution in [2.24, 2.45) is 0 Å². The van der Waals surface area contributed by atoms with Crippen LogP contribution in [-0.2, 0) is 0 Å². The third-order valence-electron chi connectivity index (χ3n) is 4.51. The second-order valence-corrected chi connectivity index (χ2v) is 7.27. The predicted octanol–water partition coefficient (Wildman–Crippen LogP) is 6.73. The minimum absolute atomic E-state index is 0.503. The Morgan fingerprint density at radius 3 is 1.52 bits per heavy atom. The molecule has 0 bridgehead atoms. The standard InChI is InChI=1S/C22H30O/c1-14(2)18-12-20(15(3)4)22(21(13-18)16(5)6)17-8-10-19(23-7)11-9-17/h8-16H,1-7H3. The smallest absolute Gasteiger partial charge is 0.118 e. The third kappa shape index (κ3) is 3.77. The van der Waals surface area contributed by atoms with Gasteiger partial charge in [0.25, 0.3) is 0 Å². The van der Waals surface area contributed by atoms with E-state index >= 15 is 0 Å². The minimum Gasteiger partial charge on any atom is -0.497 e. The van der Waals surface area contributed by atoms with Crippen molar-refractivity contribution in [1.82, 2.24) is 0 Å². The first-order valence-electron chi connectivity index (χ1n) is 8.67. The molecule has 0 aliphatic rings. The summed E-state index contributed by atoms with van der Waals surface area (Å²) in [5.41, 5.74) is 7.03. The minimum atomic E-state index is 0.503. The van der Waals surface area contributed by atoms with E-state index in [0.29, 0.717) is 17.8 Å². The second kappa shape index (κ2) is 7.21. The molecule has 0 heterocycles. The predicted molar refractivity (Wildman–Crippen MR) is 101 cm³/mol. The molecule has 0 spiro atoms. The molecule has 0 saturated heterocycles. The Bertz CT molecular complexity index is 619. The van der Waals surface area contributed by atoms with E-state index in [-0.39, 0.29) is 0 Å². The zero-order valence-electron chi connectivity index (χ0n) is 15.6. The molecule has 1 nitrogen and oxygen atoms in total. The van der Waals surface area contributed by atoms with Gasteiger partial charge in [0.2, 0.25) is 0 Å². The normalized spacial score (nSPS) is 11.6. The average Bonchev–Trinajstić information content (AvgIpc) is 2.53. The lowest BCUT2D eigenvalue weighted by atomic mass is 9.82. The number of ether oxygens (including phenoxy) is 1. The molecule has 2 rings (SSSR count). The molecule has 0 aliphatic carbocycles. The van der Waals surface area contributed by atoms with Crippen LogP contribution in [0, 0.1) is 0 Å². The highest BCUT2D eigenvalue weighted by atomic mass is 16.5. The second-order valence-electron chi connectivity index (χ2n) is 7.27. The third-order valence-corrected chi connectivity index (χ3v) is 4.51. The molecular formula is C22H30O. The highest BCUT2D eigenvalue weighted by Crippen LogP contribution is 2.39. The number of methoxy groups -OCH3 is 1. The average molecular weight is 310 g/mol. The van der Waals surface area contributed by atoms with E-state index in [9.17, 15) is 0 Å². The fraction of sp³-hybridized carbons (Fsp3) is 0.455. The summed E-state index contributed by atoms with van der Waals surface area (Å²) >= 11 is 0. The molecule has 0 atom stereocenters. The summed E-state index contributed by atoms with van der Waals surface area (Å²) in [6, 6.07) is 13.3. The molecule has 23 heavy (non-hydrogen) atoms. The zero-order valence-corrected chi connectivity index (χ0v) is 15.6. The first-order chi connectivity index (χ1) is 10.8. The highest BCUT2D eigenvalue weighted by molar-refractivity contribution is 5.73. The summed E-state index contributed by atoms with van der Waals surface area (Å²) in [6.45, 7) is 13.7. The Morgan fingerprint density at radius 1 is 0.696 bits per heavy atom. The van der Waals surface area contributed by atoms with Crippen molar-refractivity contribution in [1.29, 1.82) is 0 Å². The van der Waals surface area contributed by atoms with Crippen LogP contribution < -0.4 is 4.74 Å². The van der Waals surface area contributed by atoms with Crippen LogP contribution in [0.1, 0.15) is 76.0 Å². The van der Waals surface area contributed by atoms with E-state index in [1.165, 1.54) is 27.8 Å². The molecule has 2 aromatic rings. The van der Waals surface area contributed by atoms with E-state index in [1.54, 1.807) is 7.11 Å². The lowest BCUT2D eigenvalue weighted by molar-refractivity contribution is 0.415. The zero-order chi connectivity index (χ0) is 17.1. The van der Waals surface area contributed by atoms with Crippen molar-refractivity contribution < 1.29 is 4.74 Å². The van der Waals surface area contributed by atoms with Gasteiger partial charge in [-0.1, -0.05) is 65.8 Å².